The van der Waals surface area contributed by atoms with Gasteiger partial charge in [-0.3, -0.25) is 4.90 Å². The van der Waals surface area contributed by atoms with Crippen LogP contribution in [0.25, 0.3) is 0 Å². The number of likely N-dealkylation sites (N-methyl/N-ethyl adjacent to an activating group) is 1. The summed E-state index contributed by atoms with van der Waals surface area (Å²) >= 11 is 0. The van der Waals surface area contributed by atoms with E-state index in [-0.39, 0.29) is 6.10 Å². The average molecular weight is 287 g/mol. The first-order valence-corrected chi connectivity index (χ1v) is 7.42. The van der Waals surface area contributed by atoms with Gasteiger partial charge in [-0.15, -0.1) is 0 Å². The number of hydrogen-bond donors (Lipinski definition) is 1. The predicted molar refractivity (Wildman–Crippen MR) is 78.6 cm³/mol. The second kappa shape index (κ2) is 6.37. The van der Waals surface area contributed by atoms with Crippen LogP contribution < -0.4 is 0 Å². The molecule has 1 saturated carbocycles. The van der Waals surface area contributed by atoms with Crippen molar-refractivity contribution in [1.29, 1.82) is 0 Å². The Hall–Kier alpha value is -1.72. The lowest BCUT2D eigenvalue weighted by Gasteiger charge is -2.18. The van der Waals surface area contributed by atoms with Crippen LogP contribution in [-0.2, 0) is 13.0 Å². The lowest BCUT2D eigenvalue weighted by molar-refractivity contribution is 0.103. The Morgan fingerprint density at radius 1 is 1.33 bits per heavy atom. The molecule has 0 bridgehead atoms. The third-order valence-corrected chi connectivity index (χ3v) is 3.78. The van der Waals surface area contributed by atoms with E-state index in [0.29, 0.717) is 37.1 Å². The Kier molecular flexibility index (Phi) is 4.31. The summed E-state index contributed by atoms with van der Waals surface area (Å²) in [6.07, 6.45) is 2.73. The summed E-state index contributed by atoms with van der Waals surface area (Å²) < 4.78 is 5.28. The van der Waals surface area contributed by atoms with Gasteiger partial charge in [0.15, 0.2) is 5.82 Å². The van der Waals surface area contributed by atoms with Crippen molar-refractivity contribution in [2.75, 3.05) is 13.6 Å². The minimum absolute atomic E-state index is 0.231. The van der Waals surface area contributed by atoms with E-state index in [0.717, 1.165) is 18.4 Å². The molecule has 1 aromatic carbocycles. The van der Waals surface area contributed by atoms with Gasteiger partial charge in [-0.25, -0.2) is 0 Å². The number of hydrogen-bond acceptors (Lipinski definition) is 5. The van der Waals surface area contributed by atoms with Gasteiger partial charge in [0.1, 0.15) is 0 Å². The molecule has 5 heteroatoms. The molecular formula is C16H21N3O2. The molecule has 21 heavy (non-hydrogen) atoms. The monoisotopic (exact) mass is 287 g/mol. The van der Waals surface area contributed by atoms with Crippen molar-refractivity contribution in [3.63, 3.8) is 0 Å². The van der Waals surface area contributed by atoms with Gasteiger partial charge in [0.25, 0.3) is 0 Å². The smallest absolute Gasteiger partial charge is 0.231 e. The van der Waals surface area contributed by atoms with Gasteiger partial charge in [0.05, 0.1) is 19.1 Å². The van der Waals surface area contributed by atoms with Gasteiger partial charge in [-0.1, -0.05) is 35.5 Å². The molecule has 1 aliphatic carbocycles. The Morgan fingerprint density at radius 2 is 2.10 bits per heavy atom. The van der Waals surface area contributed by atoms with Crippen LogP contribution in [0.3, 0.4) is 0 Å². The van der Waals surface area contributed by atoms with Crippen LogP contribution in [0.4, 0.5) is 0 Å². The zero-order valence-electron chi connectivity index (χ0n) is 12.3. The molecular weight excluding hydrogens is 266 g/mol. The van der Waals surface area contributed by atoms with Crippen LogP contribution in [0.1, 0.15) is 30.1 Å². The van der Waals surface area contributed by atoms with E-state index in [1.165, 1.54) is 0 Å². The fourth-order valence-electron chi connectivity index (χ4n) is 2.45. The summed E-state index contributed by atoms with van der Waals surface area (Å²) in [6, 6.07) is 10.1. The lowest BCUT2D eigenvalue weighted by atomic mass is 10.1. The summed E-state index contributed by atoms with van der Waals surface area (Å²) in [5.74, 6) is 1.80. The maximum absolute atomic E-state index is 9.93. The largest absolute Gasteiger partial charge is 0.392 e. The fourth-order valence-corrected chi connectivity index (χ4v) is 2.45. The molecule has 1 aromatic heterocycles. The minimum Gasteiger partial charge on any atom is -0.392 e. The lowest BCUT2D eigenvalue weighted by Crippen LogP contribution is -2.30. The molecule has 5 nitrogen and oxygen atoms in total. The third-order valence-electron chi connectivity index (χ3n) is 3.78. The Labute approximate surface area is 124 Å². The van der Waals surface area contributed by atoms with Crippen molar-refractivity contribution in [1.82, 2.24) is 15.0 Å². The van der Waals surface area contributed by atoms with E-state index in [9.17, 15) is 5.11 Å². The zero-order chi connectivity index (χ0) is 14.7. The Bertz CT molecular complexity index is 566. The van der Waals surface area contributed by atoms with Gasteiger partial charge in [0.2, 0.25) is 5.89 Å². The molecule has 1 N–H and O–H groups in total. The number of aliphatic hydroxyl groups is 1. The van der Waals surface area contributed by atoms with Crippen molar-refractivity contribution >= 4 is 0 Å². The van der Waals surface area contributed by atoms with Crippen molar-refractivity contribution in [2.45, 2.75) is 31.9 Å². The van der Waals surface area contributed by atoms with Gasteiger partial charge >= 0.3 is 0 Å². The number of nitrogens with zero attached hydrogens (tertiary/aromatic N) is 3. The van der Waals surface area contributed by atoms with E-state index >= 15 is 0 Å². The molecule has 112 valence electrons. The standard InChI is InChI=1S/C16H21N3O2/c1-19(10-14(20)13-7-8-13)11-15-17-16(21-18-15)9-12-5-3-2-4-6-12/h2-6,13-14,20H,7-11H2,1H3. The molecule has 1 unspecified atom stereocenters. The highest BCUT2D eigenvalue weighted by molar-refractivity contribution is 5.17. The highest BCUT2D eigenvalue weighted by atomic mass is 16.5. The van der Waals surface area contributed by atoms with Gasteiger partial charge in [0, 0.05) is 6.54 Å². The summed E-state index contributed by atoms with van der Waals surface area (Å²) in [4.78, 5) is 6.45. The van der Waals surface area contributed by atoms with Crippen molar-refractivity contribution < 1.29 is 9.63 Å². The minimum atomic E-state index is -0.231. The highest BCUT2D eigenvalue weighted by Gasteiger charge is 2.30. The highest BCUT2D eigenvalue weighted by Crippen LogP contribution is 2.32. The summed E-state index contributed by atoms with van der Waals surface area (Å²) in [7, 11) is 1.97. The van der Waals surface area contributed by atoms with Crippen molar-refractivity contribution in [3.05, 3.63) is 47.6 Å². The molecule has 0 spiro atoms. The molecule has 0 aliphatic heterocycles. The zero-order valence-corrected chi connectivity index (χ0v) is 12.3. The number of aromatic nitrogens is 2. The van der Waals surface area contributed by atoms with Gasteiger partial charge in [-0.2, -0.15) is 4.98 Å². The molecule has 1 fully saturated rings. The maximum Gasteiger partial charge on any atom is 0.231 e. The van der Waals surface area contributed by atoms with Crippen LogP contribution in [-0.4, -0.2) is 39.8 Å². The molecule has 1 aliphatic rings. The SMILES string of the molecule is CN(Cc1noc(Cc2ccccc2)n1)CC(O)C1CC1. The second-order valence-electron chi connectivity index (χ2n) is 5.87. The first-order valence-electron chi connectivity index (χ1n) is 7.42. The van der Waals surface area contributed by atoms with Gasteiger partial charge in [-0.05, 0) is 31.4 Å². The summed E-state index contributed by atoms with van der Waals surface area (Å²) in [5.41, 5.74) is 1.16. The van der Waals surface area contributed by atoms with E-state index in [1.807, 2.05) is 42.3 Å². The van der Waals surface area contributed by atoms with E-state index in [1.54, 1.807) is 0 Å². The first-order chi connectivity index (χ1) is 10.2. The number of rotatable bonds is 7. The predicted octanol–water partition coefficient (Wildman–Crippen LogP) is 1.86. The van der Waals surface area contributed by atoms with Crippen LogP contribution >= 0.6 is 0 Å². The number of aliphatic hydroxyl groups excluding tert-OH is 1. The average Bonchev–Trinajstić information content (AvgIpc) is 3.23. The fraction of sp³-hybridized carbons (Fsp3) is 0.500. The van der Waals surface area contributed by atoms with Crippen LogP contribution in [0.2, 0.25) is 0 Å². The van der Waals surface area contributed by atoms with Crippen LogP contribution in [0.5, 0.6) is 0 Å². The summed E-state index contributed by atoms with van der Waals surface area (Å²) in [5, 5.41) is 13.9. The molecule has 2 aromatic rings. The molecule has 3 rings (SSSR count). The molecule has 1 heterocycles. The van der Waals surface area contributed by atoms with Crippen LogP contribution in [0.15, 0.2) is 34.9 Å². The van der Waals surface area contributed by atoms with Gasteiger partial charge < -0.3 is 9.63 Å². The summed E-state index contributed by atoms with van der Waals surface area (Å²) in [6.45, 7) is 1.26. The van der Waals surface area contributed by atoms with E-state index in [2.05, 4.69) is 10.1 Å². The normalized spacial score (nSPS) is 16.3. The number of benzene rings is 1. The quantitative estimate of drug-likeness (QED) is 0.842. The molecule has 0 amide bonds. The van der Waals surface area contributed by atoms with Crippen molar-refractivity contribution in [2.24, 2.45) is 5.92 Å². The Morgan fingerprint density at radius 3 is 2.81 bits per heavy atom. The molecule has 1 atom stereocenters. The topological polar surface area (TPSA) is 62.4 Å². The van der Waals surface area contributed by atoms with E-state index in [4.69, 9.17) is 4.52 Å². The van der Waals surface area contributed by atoms with E-state index < -0.39 is 0 Å². The molecule has 0 saturated heterocycles. The van der Waals surface area contributed by atoms with Crippen molar-refractivity contribution in [3.8, 4) is 0 Å². The first kappa shape index (κ1) is 14.2. The second-order valence-corrected chi connectivity index (χ2v) is 5.87. The molecule has 0 radical (unpaired) electrons. The van der Waals surface area contributed by atoms with Crippen LogP contribution in [0, 0.1) is 5.92 Å². The third kappa shape index (κ3) is 4.12. The maximum atomic E-state index is 9.93. The Balaban J connectivity index is 1.52.